The molecule has 0 unspecified atom stereocenters. The molecule has 1 aliphatic rings. The van der Waals surface area contributed by atoms with Crippen LogP contribution in [0.3, 0.4) is 0 Å². The van der Waals surface area contributed by atoms with Gasteiger partial charge in [-0.15, -0.1) is 11.3 Å². The van der Waals surface area contributed by atoms with Gasteiger partial charge in [-0.1, -0.05) is 17.7 Å². The highest BCUT2D eigenvalue weighted by molar-refractivity contribution is 7.16. The van der Waals surface area contributed by atoms with Crippen molar-refractivity contribution < 1.29 is 0 Å². The third-order valence-electron chi connectivity index (χ3n) is 1.78. The lowest BCUT2D eigenvalue weighted by Crippen LogP contribution is -2.21. The summed E-state index contributed by atoms with van der Waals surface area (Å²) in [4.78, 5) is 4.22. The Morgan fingerprint density at radius 3 is 3.08 bits per heavy atom. The molecule has 2 nitrogen and oxygen atoms in total. The van der Waals surface area contributed by atoms with Crippen molar-refractivity contribution in [1.29, 1.82) is 0 Å². The van der Waals surface area contributed by atoms with Crippen LogP contribution in [0.2, 0.25) is 4.34 Å². The normalized spacial score (nSPS) is 17.6. The van der Waals surface area contributed by atoms with Crippen LogP contribution in [0.5, 0.6) is 0 Å². The van der Waals surface area contributed by atoms with Crippen molar-refractivity contribution in [3.8, 4) is 0 Å². The molecular weight excluding hydrogens is 192 g/mol. The third kappa shape index (κ3) is 1.68. The number of thiazole rings is 1. The average Bonchev–Trinajstić information content (AvgIpc) is 2.54. The van der Waals surface area contributed by atoms with Crippen LogP contribution in [0.4, 0.5) is 0 Å². The van der Waals surface area contributed by atoms with Crippen LogP contribution in [0, 0.1) is 0 Å². The number of halogens is 1. The van der Waals surface area contributed by atoms with E-state index in [-0.39, 0.29) is 0 Å². The van der Waals surface area contributed by atoms with Crippen molar-refractivity contribution in [2.75, 3.05) is 13.1 Å². The lowest BCUT2D eigenvalue weighted by Gasteiger charge is -2.11. The molecule has 1 aromatic heterocycles. The smallest absolute Gasteiger partial charge is 0.121 e. The minimum atomic E-state index is 0.761. The first kappa shape index (κ1) is 8.23. The minimum absolute atomic E-state index is 0.761. The number of nitrogens with zero attached hydrogens (tertiary/aromatic N) is 1. The van der Waals surface area contributed by atoms with Crippen LogP contribution in [-0.2, 0) is 0 Å². The molecule has 0 bridgehead atoms. The molecule has 0 saturated heterocycles. The van der Waals surface area contributed by atoms with E-state index in [1.165, 1.54) is 5.57 Å². The summed E-state index contributed by atoms with van der Waals surface area (Å²) in [6, 6.07) is 0. The molecule has 1 aliphatic heterocycles. The number of hydrogen-bond acceptors (Lipinski definition) is 3. The zero-order valence-corrected chi connectivity index (χ0v) is 8.08. The second-order valence-electron chi connectivity index (χ2n) is 2.66. The van der Waals surface area contributed by atoms with Gasteiger partial charge in [0.2, 0.25) is 0 Å². The van der Waals surface area contributed by atoms with Crippen LogP contribution >= 0.6 is 22.9 Å². The van der Waals surface area contributed by atoms with E-state index in [4.69, 9.17) is 11.6 Å². The number of nitrogens with one attached hydrogen (secondary N) is 1. The summed E-state index contributed by atoms with van der Waals surface area (Å²) in [6.07, 6.45) is 5.02. The average molecular weight is 201 g/mol. The zero-order chi connectivity index (χ0) is 8.39. The monoisotopic (exact) mass is 200 g/mol. The van der Waals surface area contributed by atoms with Gasteiger partial charge in [0.1, 0.15) is 9.34 Å². The Labute approximate surface area is 80.3 Å². The number of rotatable bonds is 1. The molecule has 1 aromatic rings. The van der Waals surface area contributed by atoms with Crippen molar-refractivity contribution in [1.82, 2.24) is 10.3 Å². The van der Waals surface area contributed by atoms with Gasteiger partial charge >= 0.3 is 0 Å². The van der Waals surface area contributed by atoms with Gasteiger partial charge in [-0.25, -0.2) is 4.98 Å². The zero-order valence-electron chi connectivity index (χ0n) is 6.51. The van der Waals surface area contributed by atoms with Crippen molar-refractivity contribution >= 4 is 28.5 Å². The predicted molar refractivity (Wildman–Crippen MR) is 52.6 cm³/mol. The Hall–Kier alpha value is -0.380. The van der Waals surface area contributed by atoms with E-state index < -0.39 is 0 Å². The number of aromatic nitrogens is 1. The molecule has 0 atom stereocenters. The highest BCUT2D eigenvalue weighted by atomic mass is 35.5. The molecule has 64 valence electrons. The van der Waals surface area contributed by atoms with Gasteiger partial charge in [-0.3, -0.25) is 0 Å². The van der Waals surface area contributed by atoms with Gasteiger partial charge < -0.3 is 5.32 Å². The maximum Gasteiger partial charge on any atom is 0.121 e. The summed E-state index contributed by atoms with van der Waals surface area (Å²) < 4.78 is 0.761. The van der Waals surface area contributed by atoms with E-state index >= 15 is 0 Å². The predicted octanol–water partition coefficient (Wildman–Crippen LogP) is 2.17. The number of hydrogen-bond donors (Lipinski definition) is 1. The molecule has 2 heterocycles. The SMILES string of the molecule is Clc1cnc(C2=CCCNC2)s1. The fraction of sp³-hybridized carbons (Fsp3) is 0.375. The van der Waals surface area contributed by atoms with E-state index in [0.29, 0.717) is 0 Å². The molecule has 2 rings (SSSR count). The lowest BCUT2D eigenvalue weighted by molar-refractivity contribution is 0.738. The van der Waals surface area contributed by atoms with Crippen molar-refractivity contribution in [3.63, 3.8) is 0 Å². The van der Waals surface area contributed by atoms with Crippen LogP contribution in [0.25, 0.3) is 5.57 Å². The fourth-order valence-corrected chi connectivity index (χ4v) is 2.16. The summed E-state index contributed by atoms with van der Waals surface area (Å²) >= 11 is 7.33. The van der Waals surface area contributed by atoms with Gasteiger partial charge in [0.15, 0.2) is 0 Å². The van der Waals surface area contributed by atoms with E-state index in [1.54, 1.807) is 17.5 Å². The third-order valence-corrected chi connectivity index (χ3v) is 2.97. The van der Waals surface area contributed by atoms with Crippen molar-refractivity contribution in [3.05, 3.63) is 21.6 Å². The summed E-state index contributed by atoms with van der Waals surface area (Å²) in [6.45, 7) is 1.99. The van der Waals surface area contributed by atoms with Gasteiger partial charge in [-0.2, -0.15) is 0 Å². The standard InChI is InChI=1S/C8H9ClN2S/c9-7-5-11-8(12-7)6-2-1-3-10-4-6/h2,5,10H,1,3-4H2. The van der Waals surface area contributed by atoms with E-state index in [1.807, 2.05) is 0 Å². The quantitative estimate of drug-likeness (QED) is 0.752. The van der Waals surface area contributed by atoms with Crippen LogP contribution in [0.1, 0.15) is 11.4 Å². The molecule has 0 aliphatic carbocycles. The highest BCUT2D eigenvalue weighted by Gasteiger charge is 2.08. The Kier molecular flexibility index (Phi) is 2.44. The summed E-state index contributed by atoms with van der Waals surface area (Å²) in [5, 5.41) is 4.35. The van der Waals surface area contributed by atoms with E-state index in [2.05, 4.69) is 16.4 Å². The second kappa shape index (κ2) is 3.56. The Bertz CT molecular complexity index is 306. The van der Waals surface area contributed by atoms with Gasteiger partial charge in [0.25, 0.3) is 0 Å². The topological polar surface area (TPSA) is 24.9 Å². The fourth-order valence-electron chi connectivity index (χ4n) is 1.21. The van der Waals surface area contributed by atoms with Gasteiger partial charge in [0, 0.05) is 6.54 Å². The van der Waals surface area contributed by atoms with Gasteiger partial charge in [0.05, 0.1) is 6.20 Å². The van der Waals surface area contributed by atoms with Gasteiger partial charge in [-0.05, 0) is 18.5 Å². The molecule has 0 amide bonds. The van der Waals surface area contributed by atoms with Crippen LogP contribution in [-0.4, -0.2) is 18.1 Å². The van der Waals surface area contributed by atoms with Crippen LogP contribution < -0.4 is 5.32 Å². The molecule has 1 N–H and O–H groups in total. The summed E-state index contributed by atoms with van der Waals surface area (Å²) in [5.74, 6) is 0. The second-order valence-corrected chi connectivity index (χ2v) is 4.33. The molecule has 0 aromatic carbocycles. The first-order valence-electron chi connectivity index (χ1n) is 3.88. The van der Waals surface area contributed by atoms with Crippen molar-refractivity contribution in [2.45, 2.75) is 6.42 Å². The Morgan fingerprint density at radius 1 is 1.58 bits per heavy atom. The maximum absolute atomic E-state index is 5.79. The molecular formula is C8H9ClN2S. The highest BCUT2D eigenvalue weighted by Crippen LogP contribution is 2.25. The van der Waals surface area contributed by atoms with E-state index in [0.717, 1.165) is 28.9 Å². The molecule has 0 fully saturated rings. The largest absolute Gasteiger partial charge is 0.312 e. The first-order chi connectivity index (χ1) is 5.86. The van der Waals surface area contributed by atoms with Crippen molar-refractivity contribution in [2.24, 2.45) is 0 Å². The lowest BCUT2D eigenvalue weighted by atomic mass is 10.2. The first-order valence-corrected chi connectivity index (χ1v) is 5.07. The maximum atomic E-state index is 5.79. The summed E-state index contributed by atoms with van der Waals surface area (Å²) in [5.41, 5.74) is 1.28. The molecule has 0 radical (unpaired) electrons. The summed E-state index contributed by atoms with van der Waals surface area (Å²) in [7, 11) is 0. The molecule has 4 heteroatoms. The Balaban J connectivity index is 2.23. The minimum Gasteiger partial charge on any atom is -0.312 e. The molecule has 0 spiro atoms. The van der Waals surface area contributed by atoms with E-state index in [9.17, 15) is 0 Å². The molecule has 12 heavy (non-hydrogen) atoms. The molecule has 0 saturated carbocycles. The van der Waals surface area contributed by atoms with Crippen LogP contribution in [0.15, 0.2) is 12.3 Å². The Morgan fingerprint density at radius 2 is 2.50 bits per heavy atom.